The molecular weight excluding hydrogens is 320 g/mol. The van der Waals surface area contributed by atoms with Gasteiger partial charge in [-0.3, -0.25) is 4.55 Å². The summed E-state index contributed by atoms with van der Waals surface area (Å²) in [5.41, 5.74) is -0.0543. The van der Waals surface area contributed by atoms with Crippen molar-refractivity contribution in [1.82, 2.24) is 0 Å². The van der Waals surface area contributed by atoms with E-state index in [4.69, 9.17) is 18.8 Å². The summed E-state index contributed by atoms with van der Waals surface area (Å²) >= 11 is 0. The van der Waals surface area contributed by atoms with Crippen molar-refractivity contribution in [2.45, 2.75) is 57.2 Å². The molecule has 0 spiro atoms. The second-order valence-corrected chi connectivity index (χ2v) is 9.47. The Morgan fingerprint density at radius 2 is 2.13 bits per heavy atom. The van der Waals surface area contributed by atoms with Crippen LogP contribution in [0.15, 0.2) is 0 Å². The van der Waals surface area contributed by atoms with Crippen LogP contribution < -0.4 is 0 Å². The molecule has 0 aromatic rings. The number of ether oxygens (including phenoxy) is 3. The highest BCUT2D eigenvalue weighted by molar-refractivity contribution is 7.85. The molecular formula is C16H28O6S. The van der Waals surface area contributed by atoms with Gasteiger partial charge in [-0.1, -0.05) is 12.8 Å². The van der Waals surface area contributed by atoms with Crippen LogP contribution in [0.4, 0.5) is 0 Å². The average Bonchev–Trinajstić information content (AvgIpc) is 3.24. The summed E-state index contributed by atoms with van der Waals surface area (Å²) in [5, 5.41) is 0. The average molecular weight is 348 g/mol. The predicted octanol–water partition coefficient (Wildman–Crippen LogP) is 2.04. The standard InChI is InChI=1S/C16H28O6S/c1-15(22-10-14-9-21-14)7-13-3-2-4-16(8-13,11-15)12-20-5-6-23(17,18)19/h13-14H,2-12H2,1H3,(H,17,18,19). The molecule has 2 aliphatic carbocycles. The summed E-state index contributed by atoms with van der Waals surface area (Å²) in [4.78, 5) is 0. The molecule has 1 aliphatic heterocycles. The van der Waals surface area contributed by atoms with Gasteiger partial charge in [-0.25, -0.2) is 0 Å². The van der Waals surface area contributed by atoms with Crippen LogP contribution in [-0.2, 0) is 24.3 Å². The molecule has 3 rings (SSSR count). The molecule has 1 heterocycles. The first kappa shape index (κ1) is 17.6. The summed E-state index contributed by atoms with van der Waals surface area (Å²) in [7, 11) is -3.95. The summed E-state index contributed by atoms with van der Waals surface area (Å²) in [5.74, 6) is 0.326. The molecule has 0 amide bonds. The third-order valence-corrected chi connectivity index (χ3v) is 6.11. The van der Waals surface area contributed by atoms with Gasteiger partial charge in [0.1, 0.15) is 6.10 Å². The molecule has 134 valence electrons. The first-order valence-electron chi connectivity index (χ1n) is 8.56. The van der Waals surface area contributed by atoms with Gasteiger partial charge >= 0.3 is 0 Å². The van der Waals surface area contributed by atoms with E-state index >= 15 is 0 Å². The first-order chi connectivity index (χ1) is 10.8. The van der Waals surface area contributed by atoms with Gasteiger partial charge in [-0.2, -0.15) is 8.42 Å². The van der Waals surface area contributed by atoms with Gasteiger partial charge in [0.15, 0.2) is 0 Å². The Hall–Kier alpha value is -0.210. The molecule has 2 bridgehead atoms. The van der Waals surface area contributed by atoms with Crippen LogP contribution in [0, 0.1) is 11.3 Å². The Balaban J connectivity index is 1.56. The van der Waals surface area contributed by atoms with Crippen LogP contribution in [0.1, 0.15) is 45.4 Å². The molecule has 23 heavy (non-hydrogen) atoms. The van der Waals surface area contributed by atoms with Crippen LogP contribution in [0.2, 0.25) is 0 Å². The van der Waals surface area contributed by atoms with Crippen molar-refractivity contribution in [1.29, 1.82) is 0 Å². The number of fused-ring (bicyclic) bond motifs is 2. The molecule has 0 radical (unpaired) electrons. The van der Waals surface area contributed by atoms with Crippen molar-refractivity contribution in [2.75, 3.05) is 32.2 Å². The minimum absolute atomic E-state index is 0.0543. The number of rotatable bonds is 8. The van der Waals surface area contributed by atoms with Crippen molar-refractivity contribution in [3.8, 4) is 0 Å². The third kappa shape index (κ3) is 5.13. The quantitative estimate of drug-likeness (QED) is 0.410. The highest BCUT2D eigenvalue weighted by atomic mass is 32.2. The maximum Gasteiger partial charge on any atom is 0.267 e. The van der Waals surface area contributed by atoms with Gasteiger partial charge in [0.05, 0.1) is 37.8 Å². The summed E-state index contributed by atoms with van der Waals surface area (Å²) in [6.07, 6.45) is 7.00. The van der Waals surface area contributed by atoms with Crippen molar-refractivity contribution >= 4 is 10.1 Å². The van der Waals surface area contributed by atoms with Gasteiger partial charge < -0.3 is 14.2 Å². The fourth-order valence-corrected chi connectivity index (χ4v) is 4.92. The van der Waals surface area contributed by atoms with Crippen LogP contribution in [0.25, 0.3) is 0 Å². The minimum atomic E-state index is -3.95. The third-order valence-electron chi connectivity index (χ3n) is 5.42. The number of epoxide rings is 1. The largest absolute Gasteiger partial charge is 0.380 e. The maximum absolute atomic E-state index is 10.8. The lowest BCUT2D eigenvalue weighted by atomic mass is 9.58. The molecule has 4 unspecified atom stereocenters. The molecule has 0 aromatic heterocycles. The SMILES string of the molecule is CC1(OCC2CO2)CC2CCCC(COCCS(=O)(=O)O)(C2)C1. The highest BCUT2D eigenvalue weighted by Crippen LogP contribution is 2.53. The van der Waals surface area contributed by atoms with E-state index < -0.39 is 10.1 Å². The fourth-order valence-electron chi connectivity index (χ4n) is 4.60. The number of hydrogen-bond acceptors (Lipinski definition) is 5. The van der Waals surface area contributed by atoms with Crippen molar-refractivity contribution in [3.05, 3.63) is 0 Å². The van der Waals surface area contributed by atoms with E-state index in [1.165, 1.54) is 12.8 Å². The zero-order chi connectivity index (χ0) is 16.6. The predicted molar refractivity (Wildman–Crippen MR) is 85.0 cm³/mol. The molecule has 3 aliphatic rings. The minimum Gasteiger partial charge on any atom is -0.380 e. The van der Waals surface area contributed by atoms with Gasteiger partial charge in [0, 0.05) is 0 Å². The van der Waals surface area contributed by atoms with Gasteiger partial charge in [0.2, 0.25) is 0 Å². The molecule has 3 fully saturated rings. The Bertz CT molecular complexity index is 517. The van der Waals surface area contributed by atoms with Gasteiger partial charge in [-0.05, 0) is 43.9 Å². The fraction of sp³-hybridized carbons (Fsp3) is 1.00. The van der Waals surface area contributed by atoms with Gasteiger partial charge in [-0.15, -0.1) is 0 Å². The van der Waals surface area contributed by atoms with Crippen molar-refractivity contribution < 1.29 is 27.2 Å². The summed E-state index contributed by atoms with van der Waals surface area (Å²) in [6.45, 7) is 4.28. The Labute approximate surface area is 138 Å². The molecule has 0 aromatic carbocycles. The second-order valence-electron chi connectivity index (χ2n) is 7.90. The van der Waals surface area contributed by atoms with E-state index in [0.717, 1.165) is 32.3 Å². The van der Waals surface area contributed by atoms with Crippen LogP contribution in [0.3, 0.4) is 0 Å². The molecule has 2 saturated carbocycles. The zero-order valence-electron chi connectivity index (χ0n) is 13.8. The molecule has 4 atom stereocenters. The second kappa shape index (κ2) is 6.59. The summed E-state index contributed by atoms with van der Waals surface area (Å²) < 4.78 is 47.5. The lowest BCUT2D eigenvalue weighted by Crippen LogP contribution is -2.49. The number of hydrogen-bond donors (Lipinski definition) is 1. The van der Waals surface area contributed by atoms with E-state index in [9.17, 15) is 8.42 Å². The lowest BCUT2D eigenvalue weighted by molar-refractivity contribution is -0.142. The normalized spacial score (nSPS) is 40.1. The van der Waals surface area contributed by atoms with Crippen molar-refractivity contribution in [3.63, 3.8) is 0 Å². The molecule has 1 saturated heterocycles. The highest BCUT2D eigenvalue weighted by Gasteiger charge is 2.49. The molecule has 1 N–H and O–H groups in total. The van der Waals surface area contributed by atoms with Crippen molar-refractivity contribution in [2.24, 2.45) is 11.3 Å². The monoisotopic (exact) mass is 348 g/mol. The van der Waals surface area contributed by atoms with Crippen LogP contribution in [0.5, 0.6) is 0 Å². The molecule has 7 heteroatoms. The van der Waals surface area contributed by atoms with E-state index in [1.54, 1.807) is 0 Å². The van der Waals surface area contributed by atoms with E-state index in [-0.39, 0.29) is 29.5 Å². The maximum atomic E-state index is 10.8. The molecule has 6 nitrogen and oxygen atoms in total. The van der Waals surface area contributed by atoms with E-state index in [2.05, 4.69) is 6.92 Å². The topological polar surface area (TPSA) is 85.4 Å². The Morgan fingerprint density at radius 1 is 1.35 bits per heavy atom. The van der Waals surface area contributed by atoms with Crippen LogP contribution in [-0.4, -0.2) is 56.9 Å². The zero-order valence-corrected chi connectivity index (χ0v) is 14.6. The smallest absolute Gasteiger partial charge is 0.267 e. The lowest BCUT2D eigenvalue weighted by Gasteiger charge is -2.52. The Kier molecular flexibility index (Phi) is 5.05. The first-order valence-corrected chi connectivity index (χ1v) is 10.2. The van der Waals surface area contributed by atoms with E-state index in [0.29, 0.717) is 19.1 Å². The Morgan fingerprint density at radius 3 is 2.83 bits per heavy atom. The summed E-state index contributed by atoms with van der Waals surface area (Å²) in [6, 6.07) is 0. The van der Waals surface area contributed by atoms with Gasteiger partial charge in [0.25, 0.3) is 10.1 Å². The van der Waals surface area contributed by atoms with E-state index in [1.807, 2.05) is 0 Å². The van der Waals surface area contributed by atoms with Crippen LogP contribution >= 0.6 is 0 Å².